The average Bonchev–Trinajstić information content (AvgIpc) is 1.41. The van der Waals surface area contributed by atoms with Crippen LogP contribution < -0.4 is 0 Å². The molecule has 0 aromatic heterocycles. The minimum absolute atomic E-state index is 0.669. The monoisotopic (exact) mass is 184 g/mol. The van der Waals surface area contributed by atoms with Crippen molar-refractivity contribution in [1.29, 1.82) is 0 Å². The Bertz CT molecular complexity index is 15.1. The van der Waals surface area contributed by atoms with Crippen LogP contribution in [0.2, 0.25) is 0 Å². The summed E-state index contributed by atoms with van der Waals surface area (Å²) in [5.41, 5.74) is 0. The molecule has 0 amide bonds. The van der Waals surface area contributed by atoms with Gasteiger partial charge in [-0.25, -0.2) is 0 Å². The van der Waals surface area contributed by atoms with Gasteiger partial charge in [0.2, 0.25) is 0 Å². The summed E-state index contributed by atoms with van der Waals surface area (Å²) in [6.45, 7) is 2.54. The van der Waals surface area contributed by atoms with Crippen LogP contribution in [-0.4, -0.2) is 32.4 Å². The topological polar surface area (TPSA) is 29.5 Å². The first-order valence-electron chi connectivity index (χ1n) is 1.42. The van der Waals surface area contributed by atoms with E-state index >= 15 is 0 Å². The summed E-state index contributed by atoms with van der Waals surface area (Å²) in [5, 5.41) is 0. The summed E-state index contributed by atoms with van der Waals surface area (Å²) in [6, 6.07) is 0. The van der Waals surface area contributed by atoms with Crippen LogP contribution in [0, 0.1) is 0 Å². The van der Waals surface area contributed by atoms with Gasteiger partial charge in [-0.1, -0.05) is 0 Å². The third kappa shape index (κ3) is 4.74. The molecule has 0 unspecified atom stereocenters. The molecule has 0 aliphatic heterocycles. The standard InChI is InChI=1S/C2H5O.H2O.Sb.H/c1-2-3;;;/h2H2,1H3;1H2;;/q-1;;+2;/p-1. The van der Waals surface area contributed by atoms with Crippen LogP contribution in [-0.2, 0) is 3.02 Å². The normalized spacial score (nSPS) is 8.40. The van der Waals surface area contributed by atoms with Crippen LogP contribution in [0.1, 0.15) is 6.92 Å². The molecule has 3 heteroatoms. The molecule has 0 fully saturated rings. The zero-order chi connectivity index (χ0) is 4.12. The van der Waals surface area contributed by atoms with E-state index in [9.17, 15) is 0 Å². The second kappa shape index (κ2) is 4.74. The number of hydrogen-bond acceptors (Lipinski definition) is 2. The Balaban J connectivity index is 2.19. The molecule has 0 spiro atoms. The molecule has 0 aliphatic carbocycles. The van der Waals surface area contributed by atoms with E-state index in [2.05, 4.69) is 3.02 Å². The Morgan fingerprint density at radius 2 is 2.60 bits per heavy atom. The number of hydrogen-bond donors (Lipinski definition) is 1. The van der Waals surface area contributed by atoms with Crippen LogP contribution >= 0.6 is 0 Å². The van der Waals surface area contributed by atoms with Gasteiger partial charge in [0.25, 0.3) is 0 Å². The van der Waals surface area contributed by atoms with E-state index in [1.807, 2.05) is 6.92 Å². The second-order valence-electron chi connectivity index (χ2n) is 0.524. The molecule has 5 heavy (non-hydrogen) atoms. The molecule has 1 N–H and O–H groups in total. The third-order valence-corrected chi connectivity index (χ3v) is 1.40. The first-order valence-corrected chi connectivity index (χ1v) is 3.87. The Kier molecular flexibility index (Phi) is 5.44. The van der Waals surface area contributed by atoms with E-state index in [4.69, 9.17) is 3.39 Å². The first kappa shape index (κ1) is 5.74. The zero-order valence-corrected chi connectivity index (χ0v) is 5.92. The summed E-state index contributed by atoms with van der Waals surface area (Å²) in [7, 11) is 0. The molecule has 0 heterocycles. The van der Waals surface area contributed by atoms with Crippen molar-refractivity contribution in [3.05, 3.63) is 0 Å². The van der Waals surface area contributed by atoms with Crippen molar-refractivity contribution in [2.75, 3.05) is 6.61 Å². The summed E-state index contributed by atoms with van der Waals surface area (Å²) in [5.74, 6) is 0. The fraction of sp³-hybridized carbons (Fsp3) is 1.00. The van der Waals surface area contributed by atoms with E-state index in [0.717, 1.165) is 0 Å². The summed E-state index contributed by atoms with van der Waals surface area (Å²) in [4.78, 5) is 0. The van der Waals surface area contributed by atoms with Gasteiger partial charge >= 0.3 is 42.4 Å². The van der Waals surface area contributed by atoms with E-state index in [0.29, 0.717) is 6.61 Å². The van der Waals surface area contributed by atoms with Crippen molar-refractivity contribution in [2.24, 2.45) is 0 Å². The van der Waals surface area contributed by atoms with Crippen molar-refractivity contribution in [2.45, 2.75) is 6.92 Å². The maximum atomic E-state index is 8.01. The first-order chi connectivity index (χ1) is 2.41. The van der Waals surface area contributed by atoms with Gasteiger partial charge in [-0.15, -0.1) is 0 Å². The van der Waals surface area contributed by atoms with Crippen molar-refractivity contribution in [1.82, 2.24) is 0 Å². The molecule has 0 radical (unpaired) electrons. The average molecular weight is 185 g/mol. The summed E-state index contributed by atoms with van der Waals surface area (Å²) in [6.07, 6.45) is 0. The van der Waals surface area contributed by atoms with Crippen molar-refractivity contribution in [3.63, 3.8) is 0 Å². The molecule has 0 aromatic carbocycles. The van der Waals surface area contributed by atoms with Crippen LogP contribution in [0.4, 0.5) is 0 Å². The summed E-state index contributed by atoms with van der Waals surface area (Å²) < 4.78 is 12.6. The van der Waals surface area contributed by atoms with Crippen molar-refractivity contribution in [3.8, 4) is 0 Å². The Labute approximate surface area is 42.8 Å². The molecule has 2 nitrogen and oxygen atoms in total. The molecule has 0 bridgehead atoms. The van der Waals surface area contributed by atoms with Gasteiger partial charge in [-0.2, -0.15) is 0 Å². The molecular formula is C2H7O2Sb. The van der Waals surface area contributed by atoms with Crippen LogP contribution in [0.15, 0.2) is 0 Å². The van der Waals surface area contributed by atoms with E-state index in [1.165, 1.54) is 0 Å². The zero-order valence-electron chi connectivity index (χ0n) is 3.06. The van der Waals surface area contributed by atoms with Crippen LogP contribution in [0.3, 0.4) is 0 Å². The fourth-order valence-electron chi connectivity index (χ4n) is 0.0645. The third-order valence-electron chi connectivity index (χ3n) is 0.209. The van der Waals surface area contributed by atoms with Gasteiger partial charge in [0.1, 0.15) is 0 Å². The van der Waals surface area contributed by atoms with Gasteiger partial charge in [-0.05, 0) is 0 Å². The molecular weight excluding hydrogens is 178 g/mol. The molecule has 0 rings (SSSR count). The van der Waals surface area contributed by atoms with Crippen LogP contribution in [0.25, 0.3) is 0 Å². The molecule has 0 atom stereocenters. The Morgan fingerprint density at radius 3 is 2.60 bits per heavy atom. The molecule has 0 saturated heterocycles. The van der Waals surface area contributed by atoms with Gasteiger partial charge in [0, 0.05) is 0 Å². The SMILES string of the molecule is CC[O][SbH][OH]. The van der Waals surface area contributed by atoms with Gasteiger partial charge in [0.15, 0.2) is 0 Å². The minimum atomic E-state index is -1.29. The van der Waals surface area contributed by atoms with Gasteiger partial charge < -0.3 is 0 Å². The predicted molar refractivity (Wildman–Crippen MR) is 21.0 cm³/mol. The van der Waals surface area contributed by atoms with Crippen molar-refractivity contribution >= 4 is 22.5 Å². The van der Waals surface area contributed by atoms with E-state index < -0.39 is 22.5 Å². The molecule has 0 saturated carbocycles. The fourth-order valence-corrected chi connectivity index (χ4v) is 0.433. The number of rotatable bonds is 2. The van der Waals surface area contributed by atoms with Crippen LogP contribution in [0.5, 0.6) is 0 Å². The van der Waals surface area contributed by atoms with Gasteiger partial charge in [-0.3, -0.25) is 0 Å². The quantitative estimate of drug-likeness (QED) is 0.575. The second-order valence-corrected chi connectivity index (χ2v) is 1.87. The van der Waals surface area contributed by atoms with E-state index in [-0.39, 0.29) is 0 Å². The maximum absolute atomic E-state index is 8.01. The summed E-state index contributed by atoms with van der Waals surface area (Å²) >= 11 is -1.29. The molecule has 0 aromatic rings. The van der Waals surface area contributed by atoms with E-state index in [1.54, 1.807) is 0 Å². The molecule has 0 aliphatic rings. The van der Waals surface area contributed by atoms with Crippen molar-refractivity contribution < 1.29 is 6.40 Å². The van der Waals surface area contributed by atoms with Gasteiger partial charge in [0.05, 0.1) is 0 Å². The Morgan fingerprint density at radius 1 is 2.00 bits per heavy atom. The predicted octanol–water partition coefficient (Wildman–Crippen LogP) is -0.718. The molecule has 32 valence electrons. The Hall–Kier alpha value is 0.738.